The fourth-order valence-corrected chi connectivity index (χ4v) is 1.76. The average Bonchev–Trinajstić information content (AvgIpc) is 2.91. The third kappa shape index (κ3) is 3.49. The minimum Gasteiger partial charge on any atom is -0.423 e. The molecule has 0 fully saturated rings. The molecule has 0 aromatic carbocycles. The lowest BCUT2D eigenvalue weighted by Crippen LogP contribution is -2.27. The standard InChI is InChI=1S/C13H15ClN4O3/c1-6(2)12-17-18-13(21-12)7(3)16-10(19)8-4-9(14)11(20)15-5-8/h4-7H,1-3H3,(H,15,20)(H,16,19)/t7-/m0/s1. The second-order valence-electron chi connectivity index (χ2n) is 4.89. The molecule has 8 heteroatoms. The van der Waals surface area contributed by atoms with Gasteiger partial charge in [-0.25, -0.2) is 0 Å². The van der Waals surface area contributed by atoms with Crippen LogP contribution in [0.15, 0.2) is 21.5 Å². The summed E-state index contributed by atoms with van der Waals surface area (Å²) in [5.41, 5.74) is -0.199. The first-order valence-electron chi connectivity index (χ1n) is 6.41. The molecule has 0 bridgehead atoms. The summed E-state index contributed by atoms with van der Waals surface area (Å²) in [4.78, 5) is 25.6. The van der Waals surface area contributed by atoms with E-state index in [1.807, 2.05) is 13.8 Å². The normalized spacial score (nSPS) is 12.4. The van der Waals surface area contributed by atoms with Crippen LogP contribution in [0, 0.1) is 0 Å². The van der Waals surface area contributed by atoms with Gasteiger partial charge in [0, 0.05) is 12.1 Å². The van der Waals surface area contributed by atoms with Crippen molar-refractivity contribution in [2.45, 2.75) is 32.7 Å². The number of nitrogens with zero attached hydrogens (tertiary/aromatic N) is 2. The van der Waals surface area contributed by atoms with Crippen LogP contribution in [-0.2, 0) is 0 Å². The van der Waals surface area contributed by atoms with Crippen LogP contribution < -0.4 is 10.9 Å². The van der Waals surface area contributed by atoms with E-state index in [2.05, 4.69) is 20.5 Å². The number of carbonyl (C=O) groups is 1. The van der Waals surface area contributed by atoms with Crippen LogP contribution >= 0.6 is 11.6 Å². The van der Waals surface area contributed by atoms with Gasteiger partial charge in [0.25, 0.3) is 11.5 Å². The van der Waals surface area contributed by atoms with Crippen molar-refractivity contribution in [1.29, 1.82) is 0 Å². The number of hydrogen-bond donors (Lipinski definition) is 2. The van der Waals surface area contributed by atoms with Crippen molar-refractivity contribution in [2.75, 3.05) is 0 Å². The van der Waals surface area contributed by atoms with Gasteiger partial charge in [0.1, 0.15) is 11.1 Å². The van der Waals surface area contributed by atoms with Crippen LogP contribution in [0.25, 0.3) is 0 Å². The molecule has 0 unspecified atom stereocenters. The first-order chi connectivity index (χ1) is 9.88. The number of nitrogens with one attached hydrogen (secondary N) is 2. The molecule has 2 aromatic heterocycles. The van der Waals surface area contributed by atoms with Gasteiger partial charge in [-0.2, -0.15) is 0 Å². The lowest BCUT2D eigenvalue weighted by molar-refractivity contribution is 0.0933. The minimum atomic E-state index is -0.455. The third-order valence-electron chi connectivity index (χ3n) is 2.79. The van der Waals surface area contributed by atoms with Crippen molar-refractivity contribution < 1.29 is 9.21 Å². The number of aromatic nitrogens is 3. The summed E-state index contributed by atoms with van der Waals surface area (Å²) in [6, 6.07) is 0.846. The van der Waals surface area contributed by atoms with E-state index in [0.29, 0.717) is 11.8 Å². The number of amides is 1. The number of aromatic amines is 1. The Morgan fingerprint density at radius 2 is 2.00 bits per heavy atom. The molecule has 1 amide bonds. The topological polar surface area (TPSA) is 101 Å². The molecule has 21 heavy (non-hydrogen) atoms. The van der Waals surface area contributed by atoms with Crippen LogP contribution in [0.1, 0.15) is 54.9 Å². The van der Waals surface area contributed by atoms with Crippen molar-refractivity contribution in [3.63, 3.8) is 0 Å². The van der Waals surface area contributed by atoms with Gasteiger partial charge in [0.2, 0.25) is 11.8 Å². The summed E-state index contributed by atoms with van der Waals surface area (Å²) in [6.45, 7) is 5.59. The van der Waals surface area contributed by atoms with E-state index in [-0.39, 0.29) is 16.5 Å². The maximum Gasteiger partial charge on any atom is 0.266 e. The highest BCUT2D eigenvalue weighted by molar-refractivity contribution is 6.30. The van der Waals surface area contributed by atoms with Crippen LogP contribution in [0.4, 0.5) is 0 Å². The summed E-state index contributed by atoms with van der Waals surface area (Å²) in [6.07, 6.45) is 1.30. The maximum absolute atomic E-state index is 12.1. The molecule has 0 spiro atoms. The van der Waals surface area contributed by atoms with E-state index < -0.39 is 17.5 Å². The maximum atomic E-state index is 12.1. The lowest BCUT2D eigenvalue weighted by Gasteiger charge is -2.10. The highest BCUT2D eigenvalue weighted by Crippen LogP contribution is 2.17. The molecule has 7 nitrogen and oxygen atoms in total. The fraction of sp³-hybridized carbons (Fsp3) is 0.385. The van der Waals surface area contributed by atoms with Crippen LogP contribution in [0.2, 0.25) is 5.02 Å². The summed E-state index contributed by atoms with van der Waals surface area (Å²) in [7, 11) is 0. The SMILES string of the molecule is CC(C)c1nnc([C@H](C)NC(=O)c2c[nH]c(=O)c(Cl)c2)o1. The largest absolute Gasteiger partial charge is 0.423 e. The van der Waals surface area contributed by atoms with Crippen molar-refractivity contribution in [1.82, 2.24) is 20.5 Å². The predicted molar refractivity (Wildman–Crippen MR) is 76.3 cm³/mol. The fourth-order valence-electron chi connectivity index (χ4n) is 1.58. The zero-order chi connectivity index (χ0) is 15.6. The van der Waals surface area contributed by atoms with Gasteiger partial charge in [-0.3, -0.25) is 9.59 Å². The molecular formula is C13H15ClN4O3. The minimum absolute atomic E-state index is 0.0461. The Hall–Kier alpha value is -2.15. The number of halogens is 1. The molecule has 0 saturated heterocycles. The smallest absolute Gasteiger partial charge is 0.266 e. The van der Waals surface area contributed by atoms with Gasteiger partial charge >= 0.3 is 0 Å². The van der Waals surface area contributed by atoms with Gasteiger partial charge in [-0.1, -0.05) is 25.4 Å². The highest BCUT2D eigenvalue weighted by atomic mass is 35.5. The van der Waals surface area contributed by atoms with Crippen molar-refractivity contribution in [3.05, 3.63) is 45.0 Å². The molecule has 112 valence electrons. The highest BCUT2D eigenvalue weighted by Gasteiger charge is 2.18. The van der Waals surface area contributed by atoms with E-state index in [0.717, 1.165) is 0 Å². The van der Waals surface area contributed by atoms with Gasteiger partial charge in [-0.15, -0.1) is 10.2 Å². The number of hydrogen-bond acceptors (Lipinski definition) is 5. The Balaban J connectivity index is 2.10. The predicted octanol–water partition coefficient (Wildman–Crippen LogP) is 2.03. The number of rotatable bonds is 4. The Morgan fingerprint density at radius 3 is 2.57 bits per heavy atom. The van der Waals surface area contributed by atoms with E-state index in [9.17, 15) is 9.59 Å². The molecule has 2 rings (SSSR count). The zero-order valence-corrected chi connectivity index (χ0v) is 12.6. The van der Waals surface area contributed by atoms with Gasteiger partial charge in [0.05, 0.1) is 5.56 Å². The summed E-state index contributed by atoms with van der Waals surface area (Å²) >= 11 is 5.69. The van der Waals surface area contributed by atoms with Gasteiger partial charge in [0.15, 0.2) is 0 Å². The molecule has 0 aliphatic carbocycles. The van der Waals surface area contributed by atoms with Crippen LogP contribution in [0.3, 0.4) is 0 Å². The monoisotopic (exact) mass is 310 g/mol. The quantitative estimate of drug-likeness (QED) is 0.899. The molecular weight excluding hydrogens is 296 g/mol. The van der Waals surface area contributed by atoms with E-state index in [1.54, 1.807) is 6.92 Å². The molecule has 0 radical (unpaired) electrons. The number of carbonyl (C=O) groups excluding carboxylic acids is 1. The second kappa shape index (κ2) is 6.09. The van der Waals surface area contributed by atoms with Crippen LogP contribution in [0.5, 0.6) is 0 Å². The lowest BCUT2D eigenvalue weighted by atomic mass is 10.2. The average molecular weight is 311 g/mol. The van der Waals surface area contributed by atoms with E-state index >= 15 is 0 Å². The Morgan fingerprint density at radius 1 is 1.33 bits per heavy atom. The zero-order valence-electron chi connectivity index (χ0n) is 11.8. The summed E-state index contributed by atoms with van der Waals surface area (Å²) in [5, 5.41) is 10.5. The number of pyridine rings is 1. The molecule has 2 aromatic rings. The van der Waals surface area contributed by atoms with Gasteiger partial charge in [-0.05, 0) is 13.0 Å². The van der Waals surface area contributed by atoms with E-state index in [4.69, 9.17) is 16.0 Å². The molecule has 0 aliphatic rings. The second-order valence-corrected chi connectivity index (χ2v) is 5.30. The summed E-state index contributed by atoms with van der Waals surface area (Å²) in [5.74, 6) is 0.554. The molecule has 2 heterocycles. The van der Waals surface area contributed by atoms with Gasteiger partial charge < -0.3 is 14.7 Å². The first-order valence-corrected chi connectivity index (χ1v) is 6.78. The van der Waals surface area contributed by atoms with Crippen LogP contribution in [-0.4, -0.2) is 21.1 Å². The van der Waals surface area contributed by atoms with Crippen molar-refractivity contribution in [2.24, 2.45) is 0 Å². The molecule has 0 saturated carbocycles. The Labute approximate surface area is 125 Å². The Kier molecular flexibility index (Phi) is 4.42. The van der Waals surface area contributed by atoms with Crippen molar-refractivity contribution >= 4 is 17.5 Å². The first kappa shape index (κ1) is 15.2. The third-order valence-corrected chi connectivity index (χ3v) is 3.07. The Bertz CT molecular complexity index is 707. The van der Waals surface area contributed by atoms with Crippen molar-refractivity contribution in [3.8, 4) is 0 Å². The summed E-state index contributed by atoms with van der Waals surface area (Å²) < 4.78 is 5.47. The van der Waals surface area contributed by atoms with E-state index in [1.165, 1.54) is 12.3 Å². The number of H-pyrrole nitrogens is 1. The molecule has 1 atom stereocenters. The molecule has 2 N–H and O–H groups in total. The molecule has 0 aliphatic heterocycles.